The number of carbonyl (C=O) groups is 2. The highest BCUT2D eigenvalue weighted by molar-refractivity contribution is 6.32. The molecule has 0 heterocycles. The Bertz CT molecular complexity index is 779. The van der Waals surface area contributed by atoms with Crippen LogP contribution in [0.4, 0.5) is 5.69 Å². The Labute approximate surface area is 145 Å². The number of ether oxygens (including phenoxy) is 1. The van der Waals surface area contributed by atoms with E-state index in [-0.39, 0.29) is 12.2 Å². The molecule has 0 radical (unpaired) electrons. The lowest BCUT2D eigenvalue weighted by Crippen LogP contribution is -2.21. The summed E-state index contributed by atoms with van der Waals surface area (Å²) in [5.41, 5.74) is 2.93. The number of benzene rings is 2. The summed E-state index contributed by atoms with van der Waals surface area (Å²) in [7, 11) is 0. The van der Waals surface area contributed by atoms with Crippen molar-refractivity contribution in [3.8, 4) is 5.75 Å². The molecular formula is C18H18ClNO4. The first-order chi connectivity index (χ1) is 11.3. The van der Waals surface area contributed by atoms with Gasteiger partial charge < -0.3 is 15.2 Å². The summed E-state index contributed by atoms with van der Waals surface area (Å²) in [6, 6.07) is 8.39. The molecule has 0 aromatic heterocycles. The minimum atomic E-state index is -1.04. The number of anilines is 1. The standard InChI is InChI=1S/C18H18ClNO4/c1-10-7-11(2)17(14(19)8-10)24-9-16(21)20-15-6-4-5-13(12(15)3)18(22)23/h4-8H,9H2,1-3H3,(H,20,21)(H,22,23). The third-order valence-corrected chi connectivity index (χ3v) is 3.84. The van der Waals surface area contributed by atoms with Crippen molar-refractivity contribution in [3.05, 3.63) is 57.6 Å². The van der Waals surface area contributed by atoms with Gasteiger partial charge in [0, 0.05) is 5.69 Å². The molecule has 24 heavy (non-hydrogen) atoms. The van der Waals surface area contributed by atoms with Crippen molar-refractivity contribution in [1.82, 2.24) is 0 Å². The van der Waals surface area contributed by atoms with Crippen LogP contribution >= 0.6 is 11.6 Å². The maximum atomic E-state index is 12.1. The van der Waals surface area contributed by atoms with Crippen LogP contribution in [-0.4, -0.2) is 23.6 Å². The molecule has 0 bridgehead atoms. The van der Waals surface area contributed by atoms with E-state index in [1.165, 1.54) is 6.07 Å². The second-order valence-electron chi connectivity index (χ2n) is 5.51. The molecule has 0 unspecified atom stereocenters. The second kappa shape index (κ2) is 7.36. The van der Waals surface area contributed by atoms with Crippen LogP contribution in [0.5, 0.6) is 5.75 Å². The Kier molecular flexibility index (Phi) is 5.46. The van der Waals surface area contributed by atoms with Crippen LogP contribution in [0.15, 0.2) is 30.3 Å². The molecule has 2 N–H and O–H groups in total. The topological polar surface area (TPSA) is 75.6 Å². The third-order valence-electron chi connectivity index (χ3n) is 3.56. The van der Waals surface area contributed by atoms with Gasteiger partial charge in [0.25, 0.3) is 5.91 Å². The van der Waals surface area contributed by atoms with Crippen LogP contribution in [0.1, 0.15) is 27.0 Å². The molecule has 0 aliphatic rings. The van der Waals surface area contributed by atoms with E-state index in [4.69, 9.17) is 21.4 Å². The van der Waals surface area contributed by atoms with Crippen LogP contribution in [0.2, 0.25) is 5.02 Å². The average Bonchev–Trinajstić information content (AvgIpc) is 2.48. The lowest BCUT2D eigenvalue weighted by Gasteiger charge is -2.13. The smallest absolute Gasteiger partial charge is 0.336 e. The number of carbonyl (C=O) groups excluding carboxylic acids is 1. The largest absolute Gasteiger partial charge is 0.482 e. The number of hydrogen-bond acceptors (Lipinski definition) is 3. The lowest BCUT2D eigenvalue weighted by molar-refractivity contribution is -0.118. The van der Waals surface area contributed by atoms with Crippen molar-refractivity contribution in [2.45, 2.75) is 20.8 Å². The van der Waals surface area contributed by atoms with E-state index in [0.717, 1.165) is 11.1 Å². The molecule has 6 heteroatoms. The Balaban J connectivity index is 2.08. The molecule has 1 amide bonds. The summed E-state index contributed by atoms with van der Waals surface area (Å²) in [6.07, 6.45) is 0. The van der Waals surface area contributed by atoms with Gasteiger partial charge in [-0.1, -0.05) is 23.7 Å². The van der Waals surface area contributed by atoms with Gasteiger partial charge in [0.1, 0.15) is 5.75 Å². The van der Waals surface area contributed by atoms with E-state index >= 15 is 0 Å². The first kappa shape index (κ1) is 17.8. The van der Waals surface area contributed by atoms with E-state index in [1.54, 1.807) is 25.1 Å². The van der Waals surface area contributed by atoms with Gasteiger partial charge in [0.2, 0.25) is 0 Å². The van der Waals surface area contributed by atoms with Gasteiger partial charge in [-0.3, -0.25) is 4.79 Å². The van der Waals surface area contributed by atoms with Crippen molar-refractivity contribution < 1.29 is 19.4 Å². The number of aryl methyl sites for hydroxylation is 2. The fourth-order valence-electron chi connectivity index (χ4n) is 2.41. The summed E-state index contributed by atoms with van der Waals surface area (Å²) in [6.45, 7) is 5.20. The fourth-order valence-corrected chi connectivity index (χ4v) is 2.79. The van der Waals surface area contributed by atoms with Gasteiger partial charge in [0.15, 0.2) is 6.61 Å². The fraction of sp³-hybridized carbons (Fsp3) is 0.222. The summed E-state index contributed by atoms with van der Waals surface area (Å²) in [5.74, 6) is -0.966. The van der Waals surface area contributed by atoms with Crippen molar-refractivity contribution in [2.75, 3.05) is 11.9 Å². The highest BCUT2D eigenvalue weighted by Gasteiger charge is 2.13. The molecule has 0 saturated heterocycles. The Hall–Kier alpha value is -2.53. The minimum Gasteiger partial charge on any atom is -0.482 e. The normalized spacial score (nSPS) is 10.3. The monoisotopic (exact) mass is 347 g/mol. The zero-order valence-electron chi connectivity index (χ0n) is 13.6. The second-order valence-corrected chi connectivity index (χ2v) is 5.92. The first-order valence-corrected chi connectivity index (χ1v) is 7.69. The van der Waals surface area contributed by atoms with Crippen LogP contribution in [-0.2, 0) is 4.79 Å². The Morgan fingerprint density at radius 2 is 1.92 bits per heavy atom. The van der Waals surface area contributed by atoms with Gasteiger partial charge in [-0.15, -0.1) is 0 Å². The molecule has 2 aromatic rings. The minimum absolute atomic E-state index is 0.145. The highest BCUT2D eigenvalue weighted by atomic mass is 35.5. The van der Waals surface area contributed by atoms with Gasteiger partial charge >= 0.3 is 5.97 Å². The SMILES string of the molecule is Cc1cc(C)c(OCC(=O)Nc2cccc(C(=O)O)c2C)c(Cl)c1. The van der Waals surface area contributed by atoms with Crippen LogP contribution in [0.25, 0.3) is 0 Å². The van der Waals surface area contributed by atoms with Gasteiger partial charge in [0.05, 0.1) is 10.6 Å². The number of hydrogen-bond donors (Lipinski definition) is 2. The number of nitrogens with one attached hydrogen (secondary N) is 1. The molecule has 0 aliphatic heterocycles. The van der Waals surface area contributed by atoms with E-state index in [0.29, 0.717) is 22.0 Å². The summed E-state index contributed by atoms with van der Waals surface area (Å²) < 4.78 is 5.51. The zero-order chi connectivity index (χ0) is 17.9. The number of carboxylic acid groups (broad SMARTS) is 1. The molecule has 126 valence electrons. The number of carboxylic acids is 1. The van der Waals surface area contributed by atoms with E-state index in [2.05, 4.69) is 5.32 Å². The molecule has 2 rings (SSSR count). The van der Waals surface area contributed by atoms with E-state index < -0.39 is 11.9 Å². The third kappa shape index (κ3) is 4.06. The van der Waals surface area contributed by atoms with Crippen molar-refractivity contribution in [2.24, 2.45) is 0 Å². The summed E-state index contributed by atoms with van der Waals surface area (Å²) in [5, 5.41) is 12.2. The predicted molar refractivity (Wildman–Crippen MR) is 93.2 cm³/mol. The van der Waals surface area contributed by atoms with Gasteiger partial charge in [-0.2, -0.15) is 0 Å². The van der Waals surface area contributed by atoms with Crippen LogP contribution < -0.4 is 10.1 Å². The quantitative estimate of drug-likeness (QED) is 0.857. The molecule has 0 saturated carbocycles. The zero-order valence-corrected chi connectivity index (χ0v) is 14.4. The van der Waals surface area contributed by atoms with Gasteiger partial charge in [-0.05, 0) is 55.7 Å². The molecular weight excluding hydrogens is 330 g/mol. The summed E-state index contributed by atoms with van der Waals surface area (Å²) in [4.78, 5) is 23.2. The number of halogens is 1. The van der Waals surface area contributed by atoms with E-state index in [9.17, 15) is 9.59 Å². The van der Waals surface area contributed by atoms with Crippen molar-refractivity contribution >= 4 is 29.2 Å². The number of amides is 1. The van der Waals surface area contributed by atoms with Crippen molar-refractivity contribution in [3.63, 3.8) is 0 Å². The maximum Gasteiger partial charge on any atom is 0.336 e. The highest BCUT2D eigenvalue weighted by Crippen LogP contribution is 2.29. The van der Waals surface area contributed by atoms with Crippen LogP contribution in [0.3, 0.4) is 0 Å². The molecule has 0 atom stereocenters. The number of rotatable bonds is 5. The molecule has 0 fully saturated rings. The Morgan fingerprint density at radius 3 is 2.54 bits per heavy atom. The van der Waals surface area contributed by atoms with Crippen molar-refractivity contribution in [1.29, 1.82) is 0 Å². The Morgan fingerprint density at radius 1 is 1.21 bits per heavy atom. The molecule has 0 spiro atoms. The maximum absolute atomic E-state index is 12.1. The molecule has 0 aliphatic carbocycles. The van der Waals surface area contributed by atoms with Gasteiger partial charge in [-0.25, -0.2) is 4.79 Å². The van der Waals surface area contributed by atoms with E-state index in [1.807, 2.05) is 19.9 Å². The summed E-state index contributed by atoms with van der Waals surface area (Å²) >= 11 is 6.14. The first-order valence-electron chi connectivity index (χ1n) is 7.32. The predicted octanol–water partition coefficient (Wildman–Crippen LogP) is 3.98. The molecule has 5 nitrogen and oxygen atoms in total. The number of aromatic carboxylic acids is 1. The molecule has 2 aromatic carbocycles. The average molecular weight is 348 g/mol. The van der Waals surface area contributed by atoms with Crippen LogP contribution in [0, 0.1) is 20.8 Å². The lowest BCUT2D eigenvalue weighted by atomic mass is 10.1.